The van der Waals surface area contributed by atoms with E-state index in [2.05, 4.69) is 51.9 Å². The number of benzene rings is 1. The zero-order valence-electron chi connectivity index (χ0n) is 10.7. The van der Waals surface area contributed by atoms with Crippen molar-refractivity contribution >= 4 is 28.7 Å². The van der Waals surface area contributed by atoms with Crippen molar-refractivity contribution in [2.45, 2.75) is 12.8 Å². The molecule has 0 unspecified atom stereocenters. The maximum absolute atomic E-state index is 4.64. The zero-order valence-corrected chi connectivity index (χ0v) is 11.5. The third-order valence-corrected chi connectivity index (χ3v) is 4.73. The highest BCUT2D eigenvalue weighted by atomic mass is 32.2. The molecule has 0 spiro atoms. The molecule has 18 heavy (non-hydrogen) atoms. The van der Waals surface area contributed by atoms with Crippen LogP contribution in [0, 0.1) is 5.92 Å². The number of nitrogens with one attached hydrogen (secondary N) is 1. The zero-order chi connectivity index (χ0) is 12.4. The summed E-state index contributed by atoms with van der Waals surface area (Å²) in [6.07, 6.45) is 2.67. The first-order valence-corrected chi connectivity index (χ1v) is 7.73. The lowest BCUT2D eigenvalue weighted by Gasteiger charge is -2.21. The lowest BCUT2D eigenvalue weighted by atomic mass is 10.0. The van der Waals surface area contributed by atoms with Gasteiger partial charge in [0.1, 0.15) is 0 Å². The van der Waals surface area contributed by atoms with Gasteiger partial charge in [-0.25, -0.2) is 4.98 Å². The van der Waals surface area contributed by atoms with Gasteiger partial charge < -0.3 is 9.88 Å². The highest BCUT2D eigenvalue weighted by molar-refractivity contribution is 7.99. The monoisotopic (exact) mass is 261 g/mol. The number of anilines is 1. The molecule has 2 aromatic rings. The highest BCUT2D eigenvalue weighted by Crippen LogP contribution is 2.23. The van der Waals surface area contributed by atoms with Crippen molar-refractivity contribution < 1.29 is 0 Å². The maximum atomic E-state index is 4.64. The summed E-state index contributed by atoms with van der Waals surface area (Å²) >= 11 is 2.08. The quantitative estimate of drug-likeness (QED) is 0.920. The second-order valence-electron chi connectivity index (χ2n) is 4.92. The van der Waals surface area contributed by atoms with E-state index in [0.29, 0.717) is 0 Å². The Morgan fingerprint density at radius 3 is 2.89 bits per heavy atom. The second kappa shape index (κ2) is 5.22. The molecule has 2 heterocycles. The van der Waals surface area contributed by atoms with Crippen molar-refractivity contribution in [3.8, 4) is 0 Å². The lowest BCUT2D eigenvalue weighted by Crippen LogP contribution is -2.20. The van der Waals surface area contributed by atoms with Gasteiger partial charge in [0.2, 0.25) is 5.95 Å². The molecule has 0 atom stereocenters. The van der Waals surface area contributed by atoms with Crippen molar-refractivity contribution in [3.63, 3.8) is 0 Å². The Hall–Kier alpha value is -1.16. The minimum Gasteiger partial charge on any atom is -0.355 e. The molecule has 1 N–H and O–H groups in total. The van der Waals surface area contributed by atoms with E-state index in [0.717, 1.165) is 23.9 Å². The predicted molar refractivity (Wildman–Crippen MR) is 79.3 cm³/mol. The summed E-state index contributed by atoms with van der Waals surface area (Å²) in [6.45, 7) is 1.05. The van der Waals surface area contributed by atoms with Crippen LogP contribution >= 0.6 is 11.8 Å². The van der Waals surface area contributed by atoms with E-state index in [1.807, 2.05) is 6.07 Å². The van der Waals surface area contributed by atoms with E-state index in [4.69, 9.17) is 0 Å². The molecule has 0 saturated carbocycles. The minimum atomic E-state index is 0.811. The van der Waals surface area contributed by atoms with Crippen LogP contribution in [0.25, 0.3) is 11.0 Å². The fourth-order valence-corrected chi connectivity index (χ4v) is 3.69. The molecule has 0 bridgehead atoms. The largest absolute Gasteiger partial charge is 0.355 e. The van der Waals surface area contributed by atoms with Crippen molar-refractivity contribution in [3.05, 3.63) is 24.3 Å². The Morgan fingerprint density at radius 2 is 2.11 bits per heavy atom. The Morgan fingerprint density at radius 1 is 1.33 bits per heavy atom. The summed E-state index contributed by atoms with van der Waals surface area (Å²) in [5.41, 5.74) is 2.26. The van der Waals surface area contributed by atoms with Gasteiger partial charge in [-0.2, -0.15) is 11.8 Å². The maximum Gasteiger partial charge on any atom is 0.203 e. The number of rotatable bonds is 3. The van der Waals surface area contributed by atoms with Gasteiger partial charge in [0.15, 0.2) is 0 Å². The molecule has 3 rings (SSSR count). The predicted octanol–water partition coefficient (Wildman–Crippen LogP) is 3.13. The van der Waals surface area contributed by atoms with Crippen LogP contribution in [0.4, 0.5) is 5.95 Å². The number of hydrogen-bond donors (Lipinski definition) is 1. The molecule has 1 saturated heterocycles. The van der Waals surface area contributed by atoms with E-state index >= 15 is 0 Å². The molecule has 0 radical (unpaired) electrons. The summed E-state index contributed by atoms with van der Waals surface area (Å²) in [5.74, 6) is 4.43. The van der Waals surface area contributed by atoms with Gasteiger partial charge in [-0.05, 0) is 42.4 Å². The second-order valence-corrected chi connectivity index (χ2v) is 6.14. The molecule has 1 aromatic heterocycles. The SMILES string of the molecule is Cn1c(NCC2CCSCC2)nc2ccccc21. The van der Waals surface area contributed by atoms with Crippen LogP contribution < -0.4 is 5.32 Å². The molecule has 96 valence electrons. The van der Waals surface area contributed by atoms with E-state index in [1.165, 1.54) is 29.9 Å². The van der Waals surface area contributed by atoms with E-state index < -0.39 is 0 Å². The standard InChI is InChI=1S/C14H19N3S/c1-17-13-5-3-2-4-12(13)16-14(17)15-10-11-6-8-18-9-7-11/h2-5,11H,6-10H2,1H3,(H,15,16). The number of aromatic nitrogens is 2. The molecule has 0 aliphatic carbocycles. The smallest absolute Gasteiger partial charge is 0.203 e. The Bertz CT molecular complexity index is 529. The summed E-state index contributed by atoms with van der Waals surface area (Å²) in [4.78, 5) is 4.64. The van der Waals surface area contributed by atoms with Crippen molar-refractivity contribution in [2.24, 2.45) is 13.0 Å². The Kier molecular flexibility index (Phi) is 3.46. The van der Waals surface area contributed by atoms with Gasteiger partial charge in [0, 0.05) is 13.6 Å². The highest BCUT2D eigenvalue weighted by Gasteiger charge is 2.14. The average Bonchev–Trinajstić information content (AvgIpc) is 2.75. The van der Waals surface area contributed by atoms with Gasteiger partial charge in [-0.15, -0.1) is 0 Å². The molecule has 3 nitrogen and oxygen atoms in total. The summed E-state index contributed by atoms with van der Waals surface area (Å²) in [7, 11) is 2.08. The molecule has 4 heteroatoms. The topological polar surface area (TPSA) is 29.9 Å². The molecule has 1 fully saturated rings. The first-order valence-electron chi connectivity index (χ1n) is 6.57. The number of imidazole rings is 1. The molecule has 1 aromatic carbocycles. The van der Waals surface area contributed by atoms with Crippen molar-refractivity contribution in [2.75, 3.05) is 23.4 Å². The molecular formula is C14H19N3S. The van der Waals surface area contributed by atoms with Crippen LogP contribution in [-0.2, 0) is 7.05 Å². The van der Waals surface area contributed by atoms with Gasteiger partial charge in [0.25, 0.3) is 0 Å². The lowest BCUT2D eigenvalue weighted by molar-refractivity contribution is 0.514. The van der Waals surface area contributed by atoms with Crippen LogP contribution in [0.2, 0.25) is 0 Å². The van der Waals surface area contributed by atoms with Crippen LogP contribution in [0.3, 0.4) is 0 Å². The van der Waals surface area contributed by atoms with Gasteiger partial charge in [0.05, 0.1) is 11.0 Å². The van der Waals surface area contributed by atoms with Crippen LogP contribution in [0.15, 0.2) is 24.3 Å². The van der Waals surface area contributed by atoms with E-state index in [9.17, 15) is 0 Å². The van der Waals surface area contributed by atoms with Gasteiger partial charge in [-0.1, -0.05) is 12.1 Å². The number of nitrogens with zero attached hydrogens (tertiary/aromatic N) is 2. The number of fused-ring (bicyclic) bond motifs is 1. The first kappa shape index (κ1) is 11.9. The summed E-state index contributed by atoms with van der Waals surface area (Å²) in [6, 6.07) is 8.28. The molecule has 1 aliphatic heterocycles. The normalized spacial score (nSPS) is 17.2. The van der Waals surface area contributed by atoms with Gasteiger partial charge in [-0.3, -0.25) is 0 Å². The number of thioether (sulfide) groups is 1. The van der Waals surface area contributed by atoms with Crippen molar-refractivity contribution in [1.82, 2.24) is 9.55 Å². The first-order chi connectivity index (χ1) is 8.84. The molecule has 1 aliphatic rings. The summed E-state index contributed by atoms with van der Waals surface area (Å²) in [5, 5.41) is 3.51. The van der Waals surface area contributed by atoms with E-state index in [1.54, 1.807) is 0 Å². The number of aryl methyl sites for hydroxylation is 1. The fraction of sp³-hybridized carbons (Fsp3) is 0.500. The molecular weight excluding hydrogens is 242 g/mol. The average molecular weight is 261 g/mol. The Balaban J connectivity index is 1.72. The van der Waals surface area contributed by atoms with E-state index in [-0.39, 0.29) is 0 Å². The summed E-state index contributed by atoms with van der Waals surface area (Å²) < 4.78 is 2.15. The Labute approximate surface area is 112 Å². The van der Waals surface area contributed by atoms with Crippen LogP contribution in [-0.4, -0.2) is 27.6 Å². The van der Waals surface area contributed by atoms with Crippen molar-refractivity contribution in [1.29, 1.82) is 0 Å². The van der Waals surface area contributed by atoms with Crippen LogP contribution in [0.1, 0.15) is 12.8 Å². The molecule has 0 amide bonds. The van der Waals surface area contributed by atoms with Gasteiger partial charge >= 0.3 is 0 Å². The van der Waals surface area contributed by atoms with Crippen LogP contribution in [0.5, 0.6) is 0 Å². The third kappa shape index (κ3) is 2.34. The minimum absolute atomic E-state index is 0.811. The number of para-hydroxylation sites is 2. The third-order valence-electron chi connectivity index (χ3n) is 3.68. The fourth-order valence-electron chi connectivity index (χ4n) is 2.49. The number of hydrogen-bond acceptors (Lipinski definition) is 3.